The van der Waals surface area contributed by atoms with Crippen molar-refractivity contribution in [2.75, 3.05) is 11.5 Å². The highest BCUT2D eigenvalue weighted by Gasteiger charge is 2.22. The number of carbonyl (C=O) groups excluding carboxylic acids is 1. The summed E-state index contributed by atoms with van der Waals surface area (Å²) in [6.07, 6.45) is 1.03. The lowest BCUT2D eigenvalue weighted by molar-refractivity contribution is -0.124. The fourth-order valence-electron chi connectivity index (χ4n) is 2.53. The maximum absolute atomic E-state index is 11.9. The van der Waals surface area contributed by atoms with E-state index < -0.39 is 0 Å². The maximum atomic E-state index is 11.9. The number of nitrogens with one attached hydrogen (secondary N) is 2. The van der Waals surface area contributed by atoms with E-state index in [1.165, 1.54) is 16.7 Å². The summed E-state index contributed by atoms with van der Waals surface area (Å²) in [6, 6.07) is 6.50. The topological polar surface area (TPSA) is 41.1 Å². The molecule has 4 heteroatoms. The van der Waals surface area contributed by atoms with Crippen molar-refractivity contribution in [2.45, 2.75) is 26.1 Å². The Morgan fingerprint density at radius 1 is 1.39 bits per heavy atom. The molecule has 0 bridgehead atoms. The molecular formula is C14H18N2OS. The van der Waals surface area contributed by atoms with Gasteiger partial charge in [0.2, 0.25) is 5.91 Å². The second kappa shape index (κ2) is 5.33. The number of rotatable bonds is 3. The zero-order chi connectivity index (χ0) is 12.4. The highest BCUT2D eigenvalue weighted by molar-refractivity contribution is 7.99. The van der Waals surface area contributed by atoms with Gasteiger partial charge in [-0.15, -0.1) is 0 Å². The second-order valence-corrected chi connectivity index (χ2v) is 6.13. The van der Waals surface area contributed by atoms with Gasteiger partial charge in [0.15, 0.2) is 0 Å². The molecule has 0 aromatic heterocycles. The Balaban J connectivity index is 1.58. The fourth-order valence-corrected chi connectivity index (χ4v) is 3.75. The fraction of sp³-hybridized carbons (Fsp3) is 0.500. The van der Waals surface area contributed by atoms with Gasteiger partial charge in [0, 0.05) is 31.3 Å². The quantitative estimate of drug-likeness (QED) is 0.870. The monoisotopic (exact) mass is 262 g/mol. The predicted octanol–water partition coefficient (Wildman–Crippen LogP) is 1.66. The Hall–Kier alpha value is -1.00. The van der Waals surface area contributed by atoms with Crippen LogP contribution in [-0.4, -0.2) is 17.4 Å². The Labute approximate surface area is 112 Å². The van der Waals surface area contributed by atoms with Crippen LogP contribution in [0, 0.1) is 5.92 Å². The minimum Gasteiger partial charge on any atom is -0.352 e. The van der Waals surface area contributed by atoms with Crippen LogP contribution in [0.15, 0.2) is 18.2 Å². The van der Waals surface area contributed by atoms with E-state index in [1.54, 1.807) is 0 Å². The van der Waals surface area contributed by atoms with Crippen LogP contribution in [0.1, 0.15) is 23.1 Å². The standard InChI is InChI=1S/C14H18N2OS/c17-14(12-3-4-18-9-12)16-6-10-1-2-11-7-15-8-13(11)5-10/h1-2,5,12,15H,3-4,6-9H2,(H,16,17). The summed E-state index contributed by atoms with van der Waals surface area (Å²) < 4.78 is 0. The summed E-state index contributed by atoms with van der Waals surface area (Å²) in [6.45, 7) is 2.59. The first kappa shape index (κ1) is 12.1. The number of benzene rings is 1. The summed E-state index contributed by atoms with van der Waals surface area (Å²) in [5, 5.41) is 6.39. The average Bonchev–Trinajstić information content (AvgIpc) is 3.05. The van der Waals surface area contributed by atoms with Crippen LogP contribution in [0.4, 0.5) is 0 Å². The molecule has 0 spiro atoms. The van der Waals surface area contributed by atoms with E-state index >= 15 is 0 Å². The van der Waals surface area contributed by atoms with Gasteiger partial charge in [-0.1, -0.05) is 18.2 Å². The van der Waals surface area contributed by atoms with Crippen LogP contribution in [0.2, 0.25) is 0 Å². The zero-order valence-corrected chi connectivity index (χ0v) is 11.2. The normalized spacial score (nSPS) is 21.9. The highest BCUT2D eigenvalue weighted by atomic mass is 32.2. The second-order valence-electron chi connectivity index (χ2n) is 4.98. The van der Waals surface area contributed by atoms with E-state index in [0.717, 1.165) is 31.0 Å². The summed E-state index contributed by atoms with van der Waals surface area (Å²) >= 11 is 1.88. The van der Waals surface area contributed by atoms with Crippen LogP contribution in [0.25, 0.3) is 0 Å². The van der Waals surface area contributed by atoms with Crippen molar-refractivity contribution in [3.8, 4) is 0 Å². The van der Waals surface area contributed by atoms with Gasteiger partial charge >= 0.3 is 0 Å². The van der Waals surface area contributed by atoms with Crippen LogP contribution >= 0.6 is 11.8 Å². The molecule has 1 saturated heterocycles. The third kappa shape index (κ3) is 2.54. The van der Waals surface area contributed by atoms with Crippen LogP contribution < -0.4 is 10.6 Å². The lowest BCUT2D eigenvalue weighted by Gasteiger charge is -2.10. The molecule has 2 N–H and O–H groups in total. The van der Waals surface area contributed by atoms with E-state index in [1.807, 2.05) is 11.8 Å². The van der Waals surface area contributed by atoms with Crippen molar-refractivity contribution in [1.82, 2.24) is 10.6 Å². The highest BCUT2D eigenvalue weighted by Crippen LogP contribution is 2.23. The van der Waals surface area contributed by atoms with Crippen molar-refractivity contribution in [1.29, 1.82) is 0 Å². The van der Waals surface area contributed by atoms with E-state index in [4.69, 9.17) is 0 Å². The van der Waals surface area contributed by atoms with Crippen molar-refractivity contribution in [2.24, 2.45) is 5.92 Å². The molecule has 2 heterocycles. The lowest BCUT2D eigenvalue weighted by Crippen LogP contribution is -2.30. The first-order valence-corrected chi connectivity index (χ1v) is 7.65. The molecule has 3 nitrogen and oxygen atoms in total. The van der Waals surface area contributed by atoms with Gasteiger partial charge in [0.25, 0.3) is 0 Å². The third-order valence-electron chi connectivity index (χ3n) is 3.67. The molecule has 18 heavy (non-hydrogen) atoms. The molecule has 3 rings (SSSR count). The number of amides is 1. The largest absolute Gasteiger partial charge is 0.352 e. The third-order valence-corrected chi connectivity index (χ3v) is 4.83. The first-order chi connectivity index (χ1) is 8.83. The smallest absolute Gasteiger partial charge is 0.224 e. The number of fused-ring (bicyclic) bond motifs is 1. The Kier molecular flexibility index (Phi) is 3.57. The molecule has 1 atom stereocenters. The number of carbonyl (C=O) groups is 1. The molecule has 1 fully saturated rings. The number of hydrogen-bond acceptors (Lipinski definition) is 3. The molecule has 1 aromatic carbocycles. The van der Waals surface area contributed by atoms with Gasteiger partial charge in [-0.3, -0.25) is 4.79 Å². The minimum atomic E-state index is 0.221. The molecule has 1 unspecified atom stereocenters. The first-order valence-electron chi connectivity index (χ1n) is 6.50. The molecule has 2 aliphatic heterocycles. The van der Waals surface area contributed by atoms with Crippen LogP contribution in [-0.2, 0) is 24.4 Å². The molecule has 0 aliphatic carbocycles. The maximum Gasteiger partial charge on any atom is 0.224 e. The van der Waals surface area contributed by atoms with Gasteiger partial charge in [-0.05, 0) is 28.9 Å². The SMILES string of the molecule is O=C(NCc1ccc2c(c1)CNC2)C1CCSC1. The van der Waals surface area contributed by atoms with Gasteiger partial charge in [0.1, 0.15) is 0 Å². The average molecular weight is 262 g/mol. The molecule has 96 valence electrons. The molecule has 1 aromatic rings. The van der Waals surface area contributed by atoms with Gasteiger partial charge in [-0.2, -0.15) is 11.8 Å². The van der Waals surface area contributed by atoms with Crippen molar-refractivity contribution in [3.05, 3.63) is 34.9 Å². The van der Waals surface area contributed by atoms with Crippen molar-refractivity contribution in [3.63, 3.8) is 0 Å². The summed E-state index contributed by atoms with van der Waals surface area (Å²) in [5.41, 5.74) is 3.96. The molecule has 2 aliphatic rings. The number of thioether (sulfide) groups is 1. The number of hydrogen-bond donors (Lipinski definition) is 2. The Morgan fingerprint density at radius 3 is 3.11 bits per heavy atom. The summed E-state index contributed by atoms with van der Waals surface area (Å²) in [4.78, 5) is 11.9. The van der Waals surface area contributed by atoms with Gasteiger partial charge < -0.3 is 10.6 Å². The molecule has 1 amide bonds. The van der Waals surface area contributed by atoms with Gasteiger partial charge in [0.05, 0.1) is 0 Å². The molecule has 0 saturated carbocycles. The van der Waals surface area contributed by atoms with E-state index in [0.29, 0.717) is 6.54 Å². The predicted molar refractivity (Wildman–Crippen MR) is 74.3 cm³/mol. The Morgan fingerprint density at radius 2 is 2.28 bits per heavy atom. The minimum absolute atomic E-state index is 0.221. The Bertz CT molecular complexity index is 455. The lowest BCUT2D eigenvalue weighted by atomic mass is 10.1. The zero-order valence-electron chi connectivity index (χ0n) is 10.4. The van der Waals surface area contributed by atoms with E-state index in [9.17, 15) is 4.79 Å². The molecular weight excluding hydrogens is 244 g/mol. The molecule has 0 radical (unpaired) electrons. The van der Waals surface area contributed by atoms with E-state index in [-0.39, 0.29) is 11.8 Å². The van der Waals surface area contributed by atoms with E-state index in [2.05, 4.69) is 28.8 Å². The summed E-state index contributed by atoms with van der Waals surface area (Å²) in [7, 11) is 0. The van der Waals surface area contributed by atoms with Crippen molar-refractivity contribution >= 4 is 17.7 Å². The van der Waals surface area contributed by atoms with Crippen LogP contribution in [0.5, 0.6) is 0 Å². The van der Waals surface area contributed by atoms with Crippen LogP contribution in [0.3, 0.4) is 0 Å². The van der Waals surface area contributed by atoms with Crippen molar-refractivity contribution < 1.29 is 4.79 Å². The van der Waals surface area contributed by atoms with Gasteiger partial charge in [-0.25, -0.2) is 0 Å². The summed E-state index contributed by atoms with van der Waals surface area (Å²) in [5.74, 6) is 2.56.